The zero-order chi connectivity index (χ0) is 11.7. The lowest BCUT2D eigenvalue weighted by atomic mass is 10.1. The first-order chi connectivity index (χ1) is 7.66. The fourth-order valence-corrected chi connectivity index (χ4v) is 2.25. The number of Topliss-reactive ketones (excluding diaryl/α,β-unsaturated/α-hetero) is 1. The molecule has 16 heavy (non-hydrogen) atoms. The Kier molecular flexibility index (Phi) is 3.30. The summed E-state index contributed by atoms with van der Waals surface area (Å²) in [5.74, 6) is -0.987. The van der Waals surface area contributed by atoms with Gasteiger partial charge in [0.25, 0.3) is 11.7 Å². The Labute approximate surface area is 107 Å². The van der Waals surface area contributed by atoms with Crippen molar-refractivity contribution in [3.63, 3.8) is 0 Å². The van der Waals surface area contributed by atoms with E-state index in [0.29, 0.717) is 22.8 Å². The van der Waals surface area contributed by atoms with Crippen molar-refractivity contribution in [3.05, 3.63) is 28.8 Å². The van der Waals surface area contributed by atoms with E-state index in [9.17, 15) is 9.59 Å². The Hall–Kier alpha value is -0.870. The summed E-state index contributed by atoms with van der Waals surface area (Å²) in [4.78, 5) is 24.9. The number of halogens is 2. The predicted octanol–water partition coefficient (Wildman–Crippen LogP) is 2.65. The minimum Gasteiger partial charge on any atom is -0.305 e. The van der Waals surface area contributed by atoms with E-state index in [-0.39, 0.29) is 0 Å². The lowest BCUT2D eigenvalue weighted by Gasteiger charge is -2.15. The minimum absolute atomic E-state index is 0.337. The van der Waals surface area contributed by atoms with Crippen molar-refractivity contribution >= 4 is 44.9 Å². The molecule has 0 spiro atoms. The molecule has 1 aliphatic heterocycles. The van der Waals surface area contributed by atoms with Crippen LogP contribution in [0.4, 0.5) is 5.69 Å². The highest BCUT2D eigenvalue weighted by atomic mass is 79.9. The highest BCUT2D eigenvalue weighted by Gasteiger charge is 2.36. The number of amides is 1. The van der Waals surface area contributed by atoms with Crippen LogP contribution in [0.25, 0.3) is 0 Å². The molecular weight excluding hydrogens is 293 g/mol. The van der Waals surface area contributed by atoms with Gasteiger partial charge in [-0.3, -0.25) is 9.59 Å². The van der Waals surface area contributed by atoms with Gasteiger partial charge in [0.15, 0.2) is 0 Å². The lowest BCUT2D eigenvalue weighted by molar-refractivity contribution is -0.114. The van der Waals surface area contributed by atoms with Crippen LogP contribution in [0.5, 0.6) is 0 Å². The molecule has 0 saturated heterocycles. The summed E-state index contributed by atoms with van der Waals surface area (Å²) >= 11 is 9.22. The van der Waals surface area contributed by atoms with Gasteiger partial charge in [0.1, 0.15) is 0 Å². The number of benzene rings is 1. The number of alkyl halides is 1. The number of anilines is 1. The monoisotopic (exact) mass is 301 g/mol. The molecule has 84 valence electrons. The molecule has 0 fully saturated rings. The predicted molar refractivity (Wildman–Crippen MR) is 66.5 cm³/mol. The van der Waals surface area contributed by atoms with Crippen LogP contribution in [0.15, 0.2) is 18.2 Å². The maximum atomic E-state index is 11.7. The molecule has 1 aromatic rings. The van der Waals surface area contributed by atoms with Gasteiger partial charge in [-0.15, -0.1) is 0 Å². The topological polar surface area (TPSA) is 37.4 Å². The lowest BCUT2D eigenvalue weighted by Crippen LogP contribution is -2.30. The van der Waals surface area contributed by atoms with Gasteiger partial charge in [-0.1, -0.05) is 33.6 Å². The van der Waals surface area contributed by atoms with Crippen LogP contribution in [0, 0.1) is 0 Å². The average molecular weight is 303 g/mol. The summed E-state index contributed by atoms with van der Waals surface area (Å²) < 4.78 is 0. The van der Waals surface area contributed by atoms with Crippen LogP contribution in [0.2, 0.25) is 5.02 Å². The second-order valence-electron chi connectivity index (χ2n) is 3.46. The zero-order valence-electron chi connectivity index (χ0n) is 8.37. The molecule has 0 saturated carbocycles. The van der Waals surface area contributed by atoms with Crippen LogP contribution in [0.3, 0.4) is 0 Å². The molecule has 0 radical (unpaired) electrons. The van der Waals surface area contributed by atoms with Gasteiger partial charge in [0.05, 0.1) is 16.3 Å². The van der Waals surface area contributed by atoms with Crippen molar-refractivity contribution in [2.24, 2.45) is 0 Å². The van der Waals surface area contributed by atoms with Gasteiger partial charge >= 0.3 is 0 Å². The number of carbonyl (C=O) groups is 2. The van der Waals surface area contributed by atoms with E-state index in [2.05, 4.69) is 15.9 Å². The number of hydrogen-bond acceptors (Lipinski definition) is 2. The molecule has 1 heterocycles. The van der Waals surface area contributed by atoms with Crippen molar-refractivity contribution in [1.82, 2.24) is 0 Å². The van der Waals surface area contributed by atoms with E-state index >= 15 is 0 Å². The van der Waals surface area contributed by atoms with Gasteiger partial charge in [-0.2, -0.15) is 0 Å². The van der Waals surface area contributed by atoms with Crippen LogP contribution in [0.1, 0.15) is 16.8 Å². The number of hydrogen-bond donors (Lipinski definition) is 0. The quantitative estimate of drug-likeness (QED) is 0.636. The molecule has 1 amide bonds. The molecular formula is C11H9BrClNO2. The Morgan fingerprint density at radius 3 is 2.75 bits per heavy atom. The average Bonchev–Trinajstić information content (AvgIpc) is 2.51. The summed E-state index contributed by atoms with van der Waals surface area (Å²) in [6, 6.07) is 5.12. The Morgan fingerprint density at radius 2 is 2.06 bits per heavy atom. The standard InChI is InChI=1S/C11H9BrClNO2/c12-5-2-6-14-8-4-1-3-7(13)9(8)10(15)11(14)16/h1,3-4H,2,5-6H2. The van der Waals surface area contributed by atoms with E-state index in [1.807, 2.05) is 0 Å². The number of nitrogens with zero attached hydrogens (tertiary/aromatic N) is 1. The maximum Gasteiger partial charge on any atom is 0.299 e. The summed E-state index contributed by atoms with van der Waals surface area (Å²) in [5.41, 5.74) is 0.965. The highest BCUT2D eigenvalue weighted by molar-refractivity contribution is 9.09. The molecule has 0 atom stereocenters. The number of carbonyl (C=O) groups excluding carboxylic acids is 2. The molecule has 0 N–H and O–H groups in total. The van der Waals surface area contributed by atoms with Crippen LogP contribution >= 0.6 is 27.5 Å². The first-order valence-corrected chi connectivity index (χ1v) is 6.37. The first kappa shape index (κ1) is 11.6. The normalized spacial score (nSPS) is 14.5. The van der Waals surface area contributed by atoms with Crippen molar-refractivity contribution in [3.8, 4) is 0 Å². The molecule has 2 rings (SSSR count). The SMILES string of the molecule is O=C1C(=O)N(CCCBr)c2cccc(Cl)c21. The van der Waals surface area contributed by atoms with E-state index in [4.69, 9.17) is 11.6 Å². The Bertz CT molecular complexity index is 461. The molecule has 1 aliphatic rings. The summed E-state index contributed by atoms with van der Waals surface area (Å²) in [5, 5.41) is 1.14. The highest BCUT2D eigenvalue weighted by Crippen LogP contribution is 2.33. The largest absolute Gasteiger partial charge is 0.305 e. The molecule has 5 heteroatoms. The van der Waals surface area contributed by atoms with E-state index in [1.54, 1.807) is 18.2 Å². The van der Waals surface area contributed by atoms with Crippen LogP contribution in [-0.2, 0) is 4.79 Å². The third kappa shape index (κ3) is 1.76. The van der Waals surface area contributed by atoms with Gasteiger partial charge in [-0.05, 0) is 18.6 Å². The number of ketones is 1. The van der Waals surface area contributed by atoms with Crippen LogP contribution < -0.4 is 4.90 Å². The summed E-state index contributed by atoms with van der Waals surface area (Å²) in [7, 11) is 0. The third-order valence-electron chi connectivity index (χ3n) is 2.46. The van der Waals surface area contributed by atoms with Crippen molar-refractivity contribution in [2.75, 3.05) is 16.8 Å². The summed E-state index contributed by atoms with van der Waals surface area (Å²) in [6.45, 7) is 0.531. The van der Waals surface area contributed by atoms with E-state index < -0.39 is 11.7 Å². The first-order valence-electron chi connectivity index (χ1n) is 4.87. The molecule has 0 bridgehead atoms. The Morgan fingerprint density at radius 1 is 1.31 bits per heavy atom. The van der Waals surface area contributed by atoms with E-state index in [0.717, 1.165) is 11.8 Å². The molecule has 0 aromatic heterocycles. The Balaban J connectivity index is 2.42. The fraction of sp³-hybridized carbons (Fsp3) is 0.273. The van der Waals surface area contributed by atoms with Gasteiger partial charge in [0.2, 0.25) is 0 Å². The van der Waals surface area contributed by atoms with Gasteiger partial charge in [0, 0.05) is 11.9 Å². The third-order valence-corrected chi connectivity index (χ3v) is 3.34. The fourth-order valence-electron chi connectivity index (χ4n) is 1.74. The maximum absolute atomic E-state index is 11.7. The second kappa shape index (κ2) is 4.55. The number of rotatable bonds is 3. The van der Waals surface area contributed by atoms with Crippen molar-refractivity contribution in [2.45, 2.75) is 6.42 Å². The van der Waals surface area contributed by atoms with Crippen molar-refractivity contribution < 1.29 is 9.59 Å². The van der Waals surface area contributed by atoms with Crippen molar-refractivity contribution in [1.29, 1.82) is 0 Å². The van der Waals surface area contributed by atoms with E-state index in [1.165, 1.54) is 4.90 Å². The van der Waals surface area contributed by atoms with Gasteiger partial charge in [-0.25, -0.2) is 0 Å². The molecule has 0 unspecified atom stereocenters. The second-order valence-corrected chi connectivity index (χ2v) is 4.66. The molecule has 1 aromatic carbocycles. The van der Waals surface area contributed by atoms with Crippen LogP contribution in [-0.4, -0.2) is 23.6 Å². The minimum atomic E-state index is -0.504. The molecule has 3 nitrogen and oxygen atoms in total. The molecule has 0 aliphatic carbocycles. The summed E-state index contributed by atoms with van der Waals surface area (Å²) in [6.07, 6.45) is 0.797. The zero-order valence-corrected chi connectivity index (χ0v) is 10.7. The number of fused-ring (bicyclic) bond motifs is 1. The smallest absolute Gasteiger partial charge is 0.299 e. The van der Waals surface area contributed by atoms with Gasteiger partial charge < -0.3 is 4.90 Å².